The second-order valence-electron chi connectivity index (χ2n) is 19.3. The minimum atomic E-state index is -0.131. The molecule has 8 aromatic rings. The average Bonchev–Trinajstić information content (AvgIpc) is 3.43. The molecule has 0 heteroatoms. The van der Waals surface area contributed by atoms with Gasteiger partial charge >= 0.3 is 0 Å². The van der Waals surface area contributed by atoms with Crippen LogP contribution in [0, 0.1) is 0 Å². The zero-order chi connectivity index (χ0) is 39.8. The summed E-state index contributed by atoms with van der Waals surface area (Å²) in [5.41, 5.74) is 15.2. The molecule has 3 aliphatic carbocycles. The molecule has 0 spiro atoms. The van der Waals surface area contributed by atoms with Crippen molar-refractivity contribution in [1.82, 2.24) is 0 Å². The van der Waals surface area contributed by atoms with Crippen molar-refractivity contribution in [3.63, 3.8) is 0 Å². The first kappa shape index (κ1) is 35.9. The summed E-state index contributed by atoms with van der Waals surface area (Å²) in [4.78, 5) is 0. The fourth-order valence-electron chi connectivity index (χ4n) is 10.4. The predicted octanol–water partition coefficient (Wildman–Crippen LogP) is 14.4. The molecule has 0 aliphatic heterocycles. The van der Waals surface area contributed by atoms with Gasteiger partial charge in [0, 0.05) is 11.3 Å². The molecular weight excluding hydrogens is 685 g/mol. The topological polar surface area (TPSA) is 0 Å². The molecule has 0 bridgehead atoms. The van der Waals surface area contributed by atoms with Gasteiger partial charge < -0.3 is 0 Å². The van der Waals surface area contributed by atoms with Crippen molar-refractivity contribution in [1.29, 1.82) is 0 Å². The summed E-state index contributed by atoms with van der Waals surface area (Å²) in [7, 11) is 0. The lowest BCUT2D eigenvalue weighted by atomic mass is 9.77. The molecule has 0 amide bonds. The summed E-state index contributed by atoms with van der Waals surface area (Å²) >= 11 is 0. The van der Waals surface area contributed by atoms with Crippen LogP contribution in [0.1, 0.15) is 115 Å². The zero-order valence-corrected chi connectivity index (χ0v) is 35.4. The van der Waals surface area contributed by atoms with Crippen LogP contribution in [0.25, 0.3) is 77.0 Å². The standard InChI is InChI=1S/C55H48.C2H6/c1-53(2,3)39-25-35-11-9-31-13-19-41(45-23-17-37(27-39)49(35)51(31)45)33-15-21-43-44-22-16-34(30-48(44)55(7,8)47(43)29-33)42-20-14-32-10-12-36-26-40(54(4,5)6)28-38-18-24-46(42)52(32)50(36)38;1-2/h9,11-30,32H,10H2,1-8H3;1-2H3. The highest BCUT2D eigenvalue weighted by atomic mass is 14.4. The smallest absolute Gasteiger partial charge is 0.0159 e. The van der Waals surface area contributed by atoms with E-state index in [1.165, 1.54) is 115 Å². The molecule has 1 atom stereocenters. The Labute approximate surface area is 338 Å². The molecule has 3 aliphatic rings. The van der Waals surface area contributed by atoms with E-state index in [9.17, 15) is 0 Å². The summed E-state index contributed by atoms with van der Waals surface area (Å²) < 4.78 is 0. The number of rotatable bonds is 2. The molecule has 1 unspecified atom stereocenters. The van der Waals surface area contributed by atoms with Crippen molar-refractivity contribution in [2.45, 2.75) is 97.8 Å². The Kier molecular flexibility index (Phi) is 7.73. The van der Waals surface area contributed by atoms with Gasteiger partial charge in [0.25, 0.3) is 0 Å². The summed E-state index contributed by atoms with van der Waals surface area (Å²) in [6.07, 6.45) is 8.42. The van der Waals surface area contributed by atoms with Gasteiger partial charge in [-0.3, -0.25) is 0 Å². The molecule has 0 saturated carbocycles. The second kappa shape index (κ2) is 12.3. The Morgan fingerprint density at radius 1 is 0.526 bits per heavy atom. The summed E-state index contributed by atoms with van der Waals surface area (Å²) in [6, 6.07) is 43.0. The monoisotopic (exact) mass is 738 g/mol. The number of fused-ring (bicyclic) bond motifs is 3. The average molecular weight is 739 g/mol. The molecule has 0 fully saturated rings. The molecule has 0 N–H and O–H groups in total. The van der Waals surface area contributed by atoms with Gasteiger partial charge in [-0.1, -0.05) is 185 Å². The van der Waals surface area contributed by atoms with E-state index in [1.54, 1.807) is 0 Å². The van der Waals surface area contributed by atoms with Crippen LogP contribution in [-0.2, 0) is 16.2 Å². The molecule has 8 aromatic carbocycles. The van der Waals surface area contributed by atoms with Crippen LogP contribution in [0.5, 0.6) is 0 Å². The molecule has 0 radical (unpaired) electrons. The van der Waals surface area contributed by atoms with E-state index in [-0.39, 0.29) is 16.2 Å². The maximum Gasteiger partial charge on any atom is 0.0159 e. The number of benzene rings is 8. The van der Waals surface area contributed by atoms with E-state index >= 15 is 0 Å². The van der Waals surface area contributed by atoms with E-state index in [0.717, 1.165) is 6.42 Å². The van der Waals surface area contributed by atoms with Crippen LogP contribution < -0.4 is 10.4 Å². The summed E-state index contributed by atoms with van der Waals surface area (Å²) in [5, 5.41) is 13.7. The van der Waals surface area contributed by atoms with Gasteiger partial charge in [0.1, 0.15) is 0 Å². The van der Waals surface area contributed by atoms with Crippen molar-refractivity contribution in [3.8, 4) is 22.3 Å². The molecule has 282 valence electrons. The van der Waals surface area contributed by atoms with Gasteiger partial charge in [-0.25, -0.2) is 0 Å². The lowest BCUT2D eigenvalue weighted by molar-refractivity contribution is 0.590. The Balaban J connectivity index is 0.00000195. The highest BCUT2D eigenvalue weighted by Gasteiger charge is 2.36. The van der Waals surface area contributed by atoms with Crippen molar-refractivity contribution >= 4 is 54.7 Å². The van der Waals surface area contributed by atoms with Gasteiger partial charge in [0.05, 0.1) is 0 Å². The second-order valence-corrected chi connectivity index (χ2v) is 19.3. The third-order valence-electron chi connectivity index (χ3n) is 13.6. The highest BCUT2D eigenvalue weighted by molar-refractivity contribution is 6.25. The maximum atomic E-state index is 2.51. The van der Waals surface area contributed by atoms with Crippen LogP contribution in [0.3, 0.4) is 0 Å². The first-order valence-electron chi connectivity index (χ1n) is 21.3. The highest BCUT2D eigenvalue weighted by Crippen LogP contribution is 2.51. The van der Waals surface area contributed by atoms with Gasteiger partial charge in [-0.05, 0) is 144 Å². The quantitative estimate of drug-likeness (QED) is 0.155. The van der Waals surface area contributed by atoms with Gasteiger partial charge in [-0.15, -0.1) is 0 Å². The number of hydrogen-bond acceptors (Lipinski definition) is 0. The van der Waals surface area contributed by atoms with Gasteiger partial charge in [-0.2, -0.15) is 0 Å². The van der Waals surface area contributed by atoms with E-state index < -0.39 is 0 Å². The van der Waals surface area contributed by atoms with Crippen molar-refractivity contribution < 1.29 is 0 Å². The molecule has 0 aromatic heterocycles. The van der Waals surface area contributed by atoms with Crippen molar-refractivity contribution in [2.75, 3.05) is 0 Å². The van der Waals surface area contributed by atoms with Crippen LogP contribution in [0.4, 0.5) is 0 Å². The number of allylic oxidation sites excluding steroid dienone is 2. The van der Waals surface area contributed by atoms with Crippen LogP contribution in [0.15, 0.2) is 121 Å². The first-order valence-corrected chi connectivity index (χ1v) is 21.3. The Morgan fingerprint density at radius 3 is 1.75 bits per heavy atom. The van der Waals surface area contributed by atoms with Crippen LogP contribution in [0.2, 0.25) is 0 Å². The van der Waals surface area contributed by atoms with Crippen molar-refractivity contribution in [3.05, 3.63) is 165 Å². The molecule has 0 heterocycles. The third kappa shape index (κ3) is 5.25. The minimum Gasteiger partial charge on any atom is -0.0760 e. The minimum absolute atomic E-state index is 0.103. The predicted molar refractivity (Wildman–Crippen MR) is 249 cm³/mol. The van der Waals surface area contributed by atoms with Gasteiger partial charge in [0.15, 0.2) is 0 Å². The Morgan fingerprint density at radius 2 is 1.07 bits per heavy atom. The first-order chi connectivity index (χ1) is 27.3. The SMILES string of the molecule is CC.CC(C)(C)c1cc2c3c4c(ccc3c1)=C(c1ccc3c(c1)C(C)(C)c1cc(-c5ccc6ccc7cc(C(C)(C)C)cc8ccc5c6c78)ccc1-3)C=CC4CC=2. The largest absolute Gasteiger partial charge is 0.0760 e. The van der Waals surface area contributed by atoms with Crippen molar-refractivity contribution in [2.24, 2.45) is 0 Å². The lowest BCUT2D eigenvalue weighted by Crippen LogP contribution is -2.26. The third-order valence-corrected chi connectivity index (χ3v) is 13.6. The Hall–Kier alpha value is -5.46. The maximum absolute atomic E-state index is 2.51. The Bertz CT molecular complexity index is 3130. The molecule has 11 rings (SSSR count). The van der Waals surface area contributed by atoms with E-state index in [2.05, 4.69) is 183 Å². The summed E-state index contributed by atoms with van der Waals surface area (Å²) in [6.45, 7) is 22.7. The van der Waals surface area contributed by atoms with E-state index in [4.69, 9.17) is 0 Å². The number of hydrogen-bond donors (Lipinski definition) is 0. The van der Waals surface area contributed by atoms with E-state index in [0.29, 0.717) is 5.92 Å². The lowest BCUT2D eigenvalue weighted by Gasteiger charge is -2.27. The normalized spacial score (nSPS) is 16.5. The molecular formula is C57H54. The molecule has 0 nitrogen and oxygen atoms in total. The van der Waals surface area contributed by atoms with Crippen LogP contribution >= 0.6 is 0 Å². The molecule has 57 heavy (non-hydrogen) atoms. The summed E-state index contributed by atoms with van der Waals surface area (Å²) in [5.74, 6) is 0.435. The zero-order valence-electron chi connectivity index (χ0n) is 35.4. The van der Waals surface area contributed by atoms with Crippen LogP contribution in [-0.4, -0.2) is 0 Å². The van der Waals surface area contributed by atoms with Gasteiger partial charge in [0.2, 0.25) is 0 Å². The molecule has 0 saturated heterocycles. The fourth-order valence-corrected chi connectivity index (χ4v) is 10.4. The fraction of sp³-hybridized carbons (Fsp3) is 0.263. The van der Waals surface area contributed by atoms with E-state index in [1.807, 2.05) is 13.8 Å².